The molecule has 1 fully saturated rings. The van der Waals surface area contributed by atoms with Gasteiger partial charge in [-0.2, -0.15) is 0 Å². The van der Waals surface area contributed by atoms with Gasteiger partial charge in [0.15, 0.2) is 0 Å². The summed E-state index contributed by atoms with van der Waals surface area (Å²) in [5, 5.41) is 3.64. The predicted octanol–water partition coefficient (Wildman–Crippen LogP) is 4.05. The number of methoxy groups -OCH3 is 1. The fourth-order valence-electron chi connectivity index (χ4n) is 3.19. The van der Waals surface area contributed by atoms with E-state index in [1.807, 2.05) is 42.2 Å². The summed E-state index contributed by atoms with van der Waals surface area (Å²) in [5.41, 5.74) is 2.97. The third-order valence-corrected chi connectivity index (χ3v) is 5.45. The van der Waals surface area contributed by atoms with Crippen molar-refractivity contribution in [2.45, 2.75) is 13.3 Å². The van der Waals surface area contributed by atoms with Crippen LogP contribution in [-0.4, -0.2) is 55.7 Å². The molecule has 1 saturated heterocycles. The summed E-state index contributed by atoms with van der Waals surface area (Å²) < 4.78 is 5.19. The minimum Gasteiger partial charge on any atom is -0.497 e. The highest BCUT2D eigenvalue weighted by Crippen LogP contribution is 2.23. The third-order valence-electron chi connectivity index (χ3n) is 5.04. The van der Waals surface area contributed by atoms with Gasteiger partial charge in [0.2, 0.25) is 0 Å². The van der Waals surface area contributed by atoms with Gasteiger partial charge in [-0.1, -0.05) is 29.8 Å². The number of amides is 2. The highest BCUT2D eigenvalue weighted by Gasteiger charge is 2.21. The van der Waals surface area contributed by atoms with Gasteiger partial charge in [-0.15, -0.1) is 0 Å². The van der Waals surface area contributed by atoms with E-state index in [-0.39, 0.29) is 6.03 Å². The van der Waals surface area contributed by atoms with Crippen molar-refractivity contribution in [2.75, 3.05) is 45.2 Å². The monoisotopic (exact) mass is 387 g/mol. The standard InChI is InChI=1S/C21H26ClN3O2/c1-16-19(22)4-3-5-20(16)23-21(26)25-14-12-24(13-15-25)11-10-17-6-8-18(27-2)9-7-17/h3-9H,10-15H2,1-2H3,(H,23,26). The molecular formula is C21H26ClN3O2. The molecule has 2 amide bonds. The van der Waals surface area contributed by atoms with Crippen molar-refractivity contribution in [1.29, 1.82) is 0 Å². The molecule has 3 rings (SSSR count). The molecular weight excluding hydrogens is 362 g/mol. The molecule has 0 bridgehead atoms. The molecule has 2 aromatic carbocycles. The van der Waals surface area contributed by atoms with Crippen LogP contribution < -0.4 is 10.1 Å². The number of urea groups is 1. The van der Waals surface area contributed by atoms with Crippen molar-refractivity contribution in [3.05, 3.63) is 58.6 Å². The first kappa shape index (κ1) is 19.5. The van der Waals surface area contributed by atoms with Crippen molar-refractivity contribution < 1.29 is 9.53 Å². The molecule has 1 N–H and O–H groups in total. The van der Waals surface area contributed by atoms with Crippen LogP contribution in [0, 0.1) is 6.92 Å². The minimum atomic E-state index is -0.0600. The Morgan fingerprint density at radius 1 is 1.11 bits per heavy atom. The Labute approximate surface area is 165 Å². The molecule has 0 aliphatic carbocycles. The van der Waals surface area contributed by atoms with Gasteiger partial charge >= 0.3 is 6.03 Å². The summed E-state index contributed by atoms with van der Waals surface area (Å²) in [7, 11) is 1.68. The second kappa shape index (κ2) is 9.11. The molecule has 0 atom stereocenters. The van der Waals surface area contributed by atoms with Crippen LogP contribution in [0.1, 0.15) is 11.1 Å². The lowest BCUT2D eigenvalue weighted by Gasteiger charge is -2.34. The number of nitrogens with one attached hydrogen (secondary N) is 1. The highest BCUT2D eigenvalue weighted by molar-refractivity contribution is 6.31. The Morgan fingerprint density at radius 2 is 1.81 bits per heavy atom. The number of carbonyl (C=O) groups is 1. The largest absolute Gasteiger partial charge is 0.497 e. The maximum Gasteiger partial charge on any atom is 0.321 e. The molecule has 0 radical (unpaired) electrons. The zero-order chi connectivity index (χ0) is 19.2. The maximum atomic E-state index is 12.5. The van der Waals surface area contributed by atoms with Crippen molar-refractivity contribution in [3.63, 3.8) is 0 Å². The van der Waals surface area contributed by atoms with Crippen molar-refractivity contribution in [2.24, 2.45) is 0 Å². The first-order valence-electron chi connectivity index (χ1n) is 9.23. The summed E-state index contributed by atoms with van der Waals surface area (Å²) in [6.07, 6.45) is 0.998. The van der Waals surface area contributed by atoms with Gasteiger partial charge in [-0.05, 0) is 48.7 Å². The molecule has 27 heavy (non-hydrogen) atoms. The second-order valence-electron chi connectivity index (χ2n) is 6.77. The first-order chi connectivity index (χ1) is 13.1. The molecule has 1 aliphatic rings. The topological polar surface area (TPSA) is 44.8 Å². The lowest BCUT2D eigenvalue weighted by molar-refractivity contribution is 0.148. The Kier molecular flexibility index (Phi) is 6.58. The van der Waals surface area contributed by atoms with Gasteiger partial charge in [0.25, 0.3) is 0 Å². The van der Waals surface area contributed by atoms with E-state index in [9.17, 15) is 4.79 Å². The quantitative estimate of drug-likeness (QED) is 0.841. The Hall–Kier alpha value is -2.24. The number of benzene rings is 2. The Balaban J connectivity index is 1.45. The summed E-state index contributed by atoms with van der Waals surface area (Å²) in [6, 6.07) is 13.7. The fourth-order valence-corrected chi connectivity index (χ4v) is 3.37. The zero-order valence-corrected chi connectivity index (χ0v) is 16.6. The number of hydrogen-bond acceptors (Lipinski definition) is 3. The van der Waals surface area contributed by atoms with Crippen LogP contribution in [0.4, 0.5) is 10.5 Å². The Bertz CT molecular complexity index is 771. The van der Waals surface area contributed by atoms with E-state index in [2.05, 4.69) is 22.3 Å². The first-order valence-corrected chi connectivity index (χ1v) is 9.61. The molecule has 2 aromatic rings. The molecule has 1 heterocycles. The number of anilines is 1. The number of halogens is 1. The van der Waals surface area contributed by atoms with Gasteiger partial charge < -0.3 is 15.0 Å². The fraction of sp³-hybridized carbons (Fsp3) is 0.381. The maximum absolute atomic E-state index is 12.5. The molecule has 5 nitrogen and oxygen atoms in total. The normalized spacial score (nSPS) is 14.9. The van der Waals surface area contributed by atoms with Gasteiger partial charge in [0, 0.05) is 43.4 Å². The SMILES string of the molecule is COc1ccc(CCN2CCN(C(=O)Nc3cccc(Cl)c3C)CC2)cc1. The van der Waals surface area contributed by atoms with Crippen molar-refractivity contribution >= 4 is 23.3 Å². The number of hydrogen-bond donors (Lipinski definition) is 1. The lowest BCUT2D eigenvalue weighted by Crippen LogP contribution is -2.50. The number of piperazine rings is 1. The van der Waals surface area contributed by atoms with Crippen LogP contribution in [0.2, 0.25) is 5.02 Å². The van der Waals surface area contributed by atoms with E-state index in [0.717, 1.165) is 56.1 Å². The smallest absolute Gasteiger partial charge is 0.321 e. The molecule has 144 valence electrons. The van der Waals surface area contributed by atoms with E-state index in [1.54, 1.807) is 7.11 Å². The summed E-state index contributed by atoms with van der Waals surface area (Å²) in [6.45, 7) is 6.14. The minimum absolute atomic E-state index is 0.0600. The van der Waals surface area contributed by atoms with Gasteiger partial charge in [-0.25, -0.2) is 4.79 Å². The summed E-state index contributed by atoms with van der Waals surface area (Å²) in [4.78, 5) is 16.8. The van der Waals surface area contributed by atoms with Crippen molar-refractivity contribution in [1.82, 2.24) is 9.80 Å². The van der Waals surface area contributed by atoms with E-state index in [0.29, 0.717) is 5.02 Å². The van der Waals surface area contributed by atoms with Crippen LogP contribution in [0.25, 0.3) is 0 Å². The lowest BCUT2D eigenvalue weighted by atomic mass is 10.1. The average molecular weight is 388 g/mol. The molecule has 0 aromatic heterocycles. The van der Waals surface area contributed by atoms with Crippen LogP contribution in [0.5, 0.6) is 5.75 Å². The van der Waals surface area contributed by atoms with E-state index in [1.165, 1.54) is 5.56 Å². The van der Waals surface area contributed by atoms with Gasteiger partial charge in [-0.3, -0.25) is 4.90 Å². The zero-order valence-electron chi connectivity index (χ0n) is 15.9. The summed E-state index contributed by atoms with van der Waals surface area (Å²) in [5.74, 6) is 0.883. The second-order valence-corrected chi connectivity index (χ2v) is 7.18. The molecule has 0 unspecified atom stereocenters. The number of rotatable bonds is 5. The van der Waals surface area contributed by atoms with Crippen LogP contribution in [0.15, 0.2) is 42.5 Å². The Morgan fingerprint density at radius 3 is 2.48 bits per heavy atom. The third kappa shape index (κ3) is 5.15. The average Bonchev–Trinajstić information content (AvgIpc) is 2.70. The van der Waals surface area contributed by atoms with Crippen LogP contribution in [0.3, 0.4) is 0 Å². The predicted molar refractivity (Wildman–Crippen MR) is 110 cm³/mol. The van der Waals surface area contributed by atoms with Crippen LogP contribution in [-0.2, 0) is 6.42 Å². The number of nitrogens with zero attached hydrogens (tertiary/aromatic N) is 2. The van der Waals surface area contributed by atoms with Crippen LogP contribution >= 0.6 is 11.6 Å². The number of carbonyl (C=O) groups excluding carboxylic acids is 1. The van der Waals surface area contributed by atoms with E-state index in [4.69, 9.17) is 16.3 Å². The summed E-state index contributed by atoms with van der Waals surface area (Å²) >= 11 is 6.13. The van der Waals surface area contributed by atoms with Gasteiger partial charge in [0.1, 0.15) is 5.75 Å². The van der Waals surface area contributed by atoms with Gasteiger partial charge in [0.05, 0.1) is 7.11 Å². The van der Waals surface area contributed by atoms with E-state index < -0.39 is 0 Å². The number of ether oxygens (including phenoxy) is 1. The van der Waals surface area contributed by atoms with Crippen molar-refractivity contribution in [3.8, 4) is 5.75 Å². The molecule has 1 aliphatic heterocycles. The molecule has 6 heteroatoms. The highest BCUT2D eigenvalue weighted by atomic mass is 35.5. The molecule has 0 spiro atoms. The molecule has 0 saturated carbocycles. The van der Waals surface area contributed by atoms with E-state index >= 15 is 0 Å².